The fraction of sp³-hybridized carbons (Fsp3) is 0. The van der Waals surface area contributed by atoms with E-state index in [1.54, 1.807) is 12.4 Å². The van der Waals surface area contributed by atoms with Crippen molar-refractivity contribution in [2.45, 2.75) is 0 Å². The highest BCUT2D eigenvalue weighted by Crippen LogP contribution is 2.32. The van der Waals surface area contributed by atoms with E-state index in [2.05, 4.69) is 9.97 Å². The van der Waals surface area contributed by atoms with E-state index in [4.69, 9.17) is 17.3 Å². The van der Waals surface area contributed by atoms with Crippen LogP contribution < -0.4 is 5.73 Å². The quantitative estimate of drug-likeness (QED) is 0.788. The highest BCUT2D eigenvalue weighted by Gasteiger charge is 2.08. The number of nitrogen functional groups attached to an aromatic ring is 1. The number of hydrogen-bond acceptors (Lipinski definition) is 4. The SMILES string of the molecule is Nc1nc(-c2cccnc2)c(Cl)s1. The van der Waals surface area contributed by atoms with Crippen LogP contribution in [0.25, 0.3) is 11.3 Å². The van der Waals surface area contributed by atoms with Crippen molar-refractivity contribution >= 4 is 28.1 Å². The normalized spacial score (nSPS) is 10.2. The molecule has 0 aliphatic heterocycles. The minimum atomic E-state index is 0.476. The topological polar surface area (TPSA) is 51.8 Å². The van der Waals surface area contributed by atoms with Gasteiger partial charge >= 0.3 is 0 Å². The molecule has 0 aromatic carbocycles. The monoisotopic (exact) mass is 211 g/mol. The van der Waals surface area contributed by atoms with E-state index in [-0.39, 0.29) is 0 Å². The summed E-state index contributed by atoms with van der Waals surface area (Å²) in [4.78, 5) is 8.08. The van der Waals surface area contributed by atoms with Crippen molar-refractivity contribution in [2.24, 2.45) is 0 Å². The summed E-state index contributed by atoms with van der Waals surface area (Å²) in [6, 6.07) is 3.73. The molecule has 2 N–H and O–H groups in total. The number of hydrogen-bond donors (Lipinski definition) is 1. The number of anilines is 1. The molecular formula is C8H6ClN3S. The van der Waals surface area contributed by atoms with Crippen LogP contribution >= 0.6 is 22.9 Å². The summed E-state index contributed by atoms with van der Waals surface area (Å²) in [5.41, 5.74) is 7.11. The highest BCUT2D eigenvalue weighted by atomic mass is 35.5. The highest BCUT2D eigenvalue weighted by molar-refractivity contribution is 7.19. The van der Waals surface area contributed by atoms with E-state index < -0.39 is 0 Å². The summed E-state index contributed by atoms with van der Waals surface area (Å²) < 4.78 is 0.602. The number of nitrogens with zero attached hydrogens (tertiary/aromatic N) is 2. The third kappa shape index (κ3) is 1.64. The van der Waals surface area contributed by atoms with Crippen LogP contribution in [0.15, 0.2) is 24.5 Å². The van der Waals surface area contributed by atoms with Crippen LogP contribution in [0, 0.1) is 0 Å². The lowest BCUT2D eigenvalue weighted by molar-refractivity contribution is 1.31. The Kier molecular flexibility index (Phi) is 2.16. The second-order valence-corrected chi connectivity index (χ2v) is 4.05. The number of halogens is 1. The summed E-state index contributed by atoms with van der Waals surface area (Å²) in [6.07, 6.45) is 3.41. The fourth-order valence-corrected chi connectivity index (χ4v) is 1.97. The average molecular weight is 212 g/mol. The van der Waals surface area contributed by atoms with Crippen molar-refractivity contribution in [2.75, 3.05) is 5.73 Å². The molecule has 0 saturated carbocycles. The number of pyridine rings is 1. The van der Waals surface area contributed by atoms with Crippen molar-refractivity contribution in [3.05, 3.63) is 28.9 Å². The molecule has 2 rings (SSSR count). The molecule has 3 nitrogen and oxygen atoms in total. The summed E-state index contributed by atoms with van der Waals surface area (Å²) >= 11 is 7.20. The molecule has 66 valence electrons. The molecule has 2 aromatic rings. The molecule has 5 heteroatoms. The largest absolute Gasteiger partial charge is 0.375 e. The first-order valence-corrected chi connectivity index (χ1v) is 4.79. The van der Waals surface area contributed by atoms with E-state index in [0.29, 0.717) is 15.2 Å². The van der Waals surface area contributed by atoms with Gasteiger partial charge in [0.15, 0.2) is 5.13 Å². The Morgan fingerprint density at radius 1 is 1.46 bits per heavy atom. The predicted octanol–water partition coefficient (Wildman–Crippen LogP) is 2.44. The van der Waals surface area contributed by atoms with Gasteiger partial charge in [0, 0.05) is 18.0 Å². The minimum absolute atomic E-state index is 0.476. The minimum Gasteiger partial charge on any atom is -0.375 e. The third-order valence-corrected chi connectivity index (χ3v) is 2.62. The molecule has 0 unspecified atom stereocenters. The van der Waals surface area contributed by atoms with Gasteiger partial charge in [-0.15, -0.1) is 0 Å². The van der Waals surface area contributed by atoms with Crippen LogP contribution in [-0.2, 0) is 0 Å². The van der Waals surface area contributed by atoms with Crippen LogP contribution in [0.5, 0.6) is 0 Å². The van der Waals surface area contributed by atoms with Crippen LogP contribution in [0.2, 0.25) is 4.34 Å². The predicted molar refractivity (Wildman–Crippen MR) is 54.8 cm³/mol. The molecule has 2 aromatic heterocycles. The molecule has 0 saturated heterocycles. The summed E-state index contributed by atoms with van der Waals surface area (Å²) in [6.45, 7) is 0. The van der Waals surface area contributed by atoms with Gasteiger partial charge in [0.2, 0.25) is 0 Å². The van der Waals surface area contributed by atoms with E-state index in [9.17, 15) is 0 Å². The third-order valence-electron chi connectivity index (χ3n) is 1.54. The zero-order valence-electron chi connectivity index (χ0n) is 6.57. The molecule has 2 heterocycles. The lowest BCUT2D eigenvalue weighted by Crippen LogP contribution is -1.83. The molecule has 0 bridgehead atoms. The Labute approximate surface area is 84.2 Å². The molecular weight excluding hydrogens is 206 g/mol. The van der Waals surface area contributed by atoms with E-state index in [1.807, 2.05) is 12.1 Å². The van der Waals surface area contributed by atoms with Crippen molar-refractivity contribution in [3.63, 3.8) is 0 Å². The zero-order valence-corrected chi connectivity index (χ0v) is 8.14. The van der Waals surface area contributed by atoms with Crippen LogP contribution in [0.1, 0.15) is 0 Å². The van der Waals surface area contributed by atoms with Gasteiger partial charge in [-0.3, -0.25) is 4.98 Å². The lowest BCUT2D eigenvalue weighted by Gasteiger charge is -1.94. The first-order valence-electron chi connectivity index (χ1n) is 3.59. The van der Waals surface area contributed by atoms with Gasteiger partial charge in [-0.2, -0.15) is 0 Å². The van der Waals surface area contributed by atoms with Crippen LogP contribution in [0.4, 0.5) is 5.13 Å². The van der Waals surface area contributed by atoms with E-state index in [1.165, 1.54) is 11.3 Å². The Bertz CT molecular complexity index is 413. The summed E-state index contributed by atoms with van der Waals surface area (Å²) in [7, 11) is 0. The first-order chi connectivity index (χ1) is 6.27. The number of thiazole rings is 1. The Morgan fingerprint density at radius 3 is 2.85 bits per heavy atom. The second-order valence-electron chi connectivity index (χ2n) is 2.42. The van der Waals surface area contributed by atoms with E-state index >= 15 is 0 Å². The van der Waals surface area contributed by atoms with Crippen LogP contribution in [0.3, 0.4) is 0 Å². The molecule has 0 amide bonds. The molecule has 0 radical (unpaired) electrons. The van der Waals surface area contributed by atoms with Gasteiger partial charge < -0.3 is 5.73 Å². The summed E-state index contributed by atoms with van der Waals surface area (Å²) in [5.74, 6) is 0. The van der Waals surface area contributed by atoms with Gasteiger partial charge in [0.1, 0.15) is 10.0 Å². The Morgan fingerprint density at radius 2 is 2.31 bits per heavy atom. The smallest absolute Gasteiger partial charge is 0.182 e. The van der Waals surface area contributed by atoms with Crippen LogP contribution in [-0.4, -0.2) is 9.97 Å². The Hall–Kier alpha value is -1.13. The fourth-order valence-electron chi connectivity index (χ4n) is 0.998. The average Bonchev–Trinajstić information content (AvgIpc) is 2.47. The number of rotatable bonds is 1. The van der Waals surface area contributed by atoms with Gasteiger partial charge in [0.05, 0.1) is 0 Å². The van der Waals surface area contributed by atoms with Crippen molar-refractivity contribution in [1.29, 1.82) is 0 Å². The van der Waals surface area contributed by atoms with Crippen molar-refractivity contribution in [3.8, 4) is 11.3 Å². The van der Waals surface area contributed by atoms with Gasteiger partial charge in [-0.05, 0) is 12.1 Å². The summed E-state index contributed by atoms with van der Waals surface area (Å²) in [5, 5.41) is 0.476. The van der Waals surface area contributed by atoms with E-state index in [0.717, 1.165) is 5.56 Å². The number of nitrogens with two attached hydrogens (primary N) is 1. The molecule has 0 aliphatic carbocycles. The zero-order chi connectivity index (χ0) is 9.26. The maximum atomic E-state index is 5.93. The number of aromatic nitrogens is 2. The maximum Gasteiger partial charge on any atom is 0.182 e. The van der Waals surface area contributed by atoms with Gasteiger partial charge in [0.25, 0.3) is 0 Å². The molecule has 0 fully saturated rings. The Balaban J connectivity index is 2.53. The standard InChI is InChI=1S/C8H6ClN3S/c9-7-6(12-8(10)13-7)5-2-1-3-11-4-5/h1-4H,(H2,10,12). The maximum absolute atomic E-state index is 5.93. The van der Waals surface area contributed by atoms with Gasteiger partial charge in [-0.25, -0.2) is 4.98 Å². The molecule has 0 spiro atoms. The lowest BCUT2D eigenvalue weighted by atomic mass is 10.2. The molecule has 0 aliphatic rings. The second kappa shape index (κ2) is 3.32. The van der Waals surface area contributed by atoms with Gasteiger partial charge in [-0.1, -0.05) is 22.9 Å². The molecule has 13 heavy (non-hydrogen) atoms. The van der Waals surface area contributed by atoms with Crippen molar-refractivity contribution in [1.82, 2.24) is 9.97 Å². The first kappa shape index (κ1) is 8.47. The van der Waals surface area contributed by atoms with Crippen molar-refractivity contribution < 1.29 is 0 Å². The molecule has 0 atom stereocenters.